The van der Waals surface area contributed by atoms with Gasteiger partial charge in [0.1, 0.15) is 5.82 Å². The molecule has 3 N–H and O–H groups in total. The smallest absolute Gasteiger partial charge is 0.294 e. The molecule has 0 atom stereocenters. The van der Waals surface area contributed by atoms with Crippen LogP contribution in [0.1, 0.15) is 52.9 Å². The van der Waals surface area contributed by atoms with Crippen molar-refractivity contribution in [1.82, 2.24) is 10.3 Å². The first-order chi connectivity index (χ1) is 12.4. The Kier molecular flexibility index (Phi) is 5.75. The van der Waals surface area contributed by atoms with Crippen molar-refractivity contribution < 1.29 is 18.8 Å². The van der Waals surface area contributed by atoms with Crippen LogP contribution in [0.4, 0.5) is 10.1 Å². The maximum atomic E-state index is 13.2. The number of H-pyrrole nitrogens is 1. The second-order valence-corrected chi connectivity index (χ2v) is 7.65. The average Bonchev–Trinajstić information content (AvgIpc) is 2.83. The molecule has 1 heterocycles. The van der Waals surface area contributed by atoms with Gasteiger partial charge in [0.15, 0.2) is 0 Å². The van der Waals surface area contributed by atoms with Crippen LogP contribution in [-0.2, 0) is 4.79 Å². The molecule has 0 fully saturated rings. The maximum Gasteiger partial charge on any atom is 0.294 e. The van der Waals surface area contributed by atoms with E-state index in [1.807, 2.05) is 0 Å². The Labute approximate surface area is 161 Å². The van der Waals surface area contributed by atoms with Crippen LogP contribution in [0.5, 0.6) is 0 Å². The fourth-order valence-corrected chi connectivity index (χ4v) is 2.78. The van der Waals surface area contributed by atoms with Gasteiger partial charge in [0.25, 0.3) is 17.6 Å². The number of halogens is 2. The molecule has 0 unspecified atom stereocenters. The molecular weight excluding hydrogens is 373 g/mol. The third-order valence-electron chi connectivity index (χ3n) is 3.76. The lowest BCUT2D eigenvalue weighted by Gasteiger charge is -2.19. The minimum absolute atomic E-state index is 0.0524. The summed E-state index contributed by atoms with van der Waals surface area (Å²) >= 11 is 5.72. The van der Waals surface area contributed by atoms with E-state index in [0.717, 1.165) is 6.07 Å². The third kappa shape index (κ3) is 4.74. The highest BCUT2D eigenvalue weighted by atomic mass is 35.5. The van der Waals surface area contributed by atoms with Gasteiger partial charge < -0.3 is 15.6 Å². The number of carbonyl (C=O) groups is 3. The number of nitrogens with one attached hydrogen (secondary N) is 3. The van der Waals surface area contributed by atoms with Gasteiger partial charge in [0.2, 0.25) is 0 Å². The van der Waals surface area contributed by atoms with E-state index in [1.165, 1.54) is 12.1 Å². The summed E-state index contributed by atoms with van der Waals surface area (Å²) in [7, 11) is 0. The Bertz CT molecular complexity index is 929. The number of aryl methyl sites for hydroxylation is 1. The van der Waals surface area contributed by atoms with E-state index in [-0.39, 0.29) is 16.3 Å². The van der Waals surface area contributed by atoms with Crippen molar-refractivity contribution in [3.63, 3.8) is 0 Å². The van der Waals surface area contributed by atoms with Crippen LogP contribution in [0.15, 0.2) is 18.2 Å². The Hall–Kier alpha value is -2.67. The van der Waals surface area contributed by atoms with Crippen molar-refractivity contribution >= 4 is 34.9 Å². The summed E-state index contributed by atoms with van der Waals surface area (Å²) in [6.07, 6.45) is 0. The first kappa shape index (κ1) is 20.6. The molecule has 0 bridgehead atoms. The summed E-state index contributed by atoms with van der Waals surface area (Å²) in [5.41, 5.74) is 0.825. The lowest BCUT2D eigenvalue weighted by atomic mass is 10.1. The molecule has 2 amide bonds. The normalized spacial score (nSPS) is 11.2. The molecular formula is C19H21ClFN3O3. The first-order valence-corrected chi connectivity index (χ1v) is 8.61. The van der Waals surface area contributed by atoms with Gasteiger partial charge in [-0.3, -0.25) is 14.4 Å². The van der Waals surface area contributed by atoms with E-state index in [1.54, 1.807) is 34.6 Å². The lowest BCUT2D eigenvalue weighted by molar-refractivity contribution is -0.118. The van der Waals surface area contributed by atoms with Crippen molar-refractivity contribution in [1.29, 1.82) is 0 Å². The number of hydrogen-bond donors (Lipinski definition) is 3. The second kappa shape index (κ2) is 7.52. The van der Waals surface area contributed by atoms with Gasteiger partial charge in [-0.2, -0.15) is 0 Å². The summed E-state index contributed by atoms with van der Waals surface area (Å²) in [4.78, 5) is 40.0. The molecule has 1 aromatic carbocycles. The summed E-state index contributed by atoms with van der Waals surface area (Å²) in [6, 6.07) is 3.80. The Morgan fingerprint density at radius 2 is 1.78 bits per heavy atom. The molecule has 0 spiro atoms. The Morgan fingerprint density at radius 3 is 2.33 bits per heavy atom. The number of Topliss-reactive ketones (excluding diaryl/α,β-unsaturated/α-hetero) is 1. The zero-order valence-corrected chi connectivity index (χ0v) is 16.5. The summed E-state index contributed by atoms with van der Waals surface area (Å²) in [5, 5.41) is 5.08. The number of aromatic nitrogens is 1. The van der Waals surface area contributed by atoms with Crippen LogP contribution in [0, 0.1) is 19.7 Å². The van der Waals surface area contributed by atoms with Gasteiger partial charge in [-0.1, -0.05) is 11.6 Å². The number of ketones is 1. The van der Waals surface area contributed by atoms with E-state index in [9.17, 15) is 18.8 Å². The highest BCUT2D eigenvalue weighted by Crippen LogP contribution is 2.23. The SMILES string of the molecule is Cc1[nH]c(C(=O)C(=O)NC(C)(C)C)c(C)c1C(=O)Nc1ccc(F)c(Cl)c1. The number of amides is 2. The number of anilines is 1. The molecule has 2 rings (SSSR count). The van der Waals surface area contributed by atoms with Crippen LogP contribution in [0.25, 0.3) is 0 Å². The summed E-state index contributed by atoms with van der Waals surface area (Å²) in [6.45, 7) is 8.48. The minimum Gasteiger partial charge on any atom is -0.355 e. The van der Waals surface area contributed by atoms with Crippen LogP contribution in [0.3, 0.4) is 0 Å². The van der Waals surface area contributed by atoms with Gasteiger partial charge in [-0.05, 0) is 58.4 Å². The minimum atomic E-state index is -0.760. The zero-order valence-electron chi connectivity index (χ0n) is 15.7. The average molecular weight is 394 g/mol. The van der Waals surface area contributed by atoms with Gasteiger partial charge in [0.05, 0.1) is 16.3 Å². The molecule has 6 nitrogen and oxygen atoms in total. The highest BCUT2D eigenvalue weighted by Gasteiger charge is 2.28. The number of carbonyl (C=O) groups excluding carboxylic acids is 3. The van der Waals surface area contributed by atoms with E-state index in [0.29, 0.717) is 16.9 Å². The molecule has 0 saturated heterocycles. The predicted octanol–water partition coefficient (Wildman–Crippen LogP) is 3.77. The van der Waals surface area contributed by atoms with Crippen LogP contribution in [0.2, 0.25) is 5.02 Å². The Morgan fingerprint density at radius 1 is 1.15 bits per heavy atom. The summed E-state index contributed by atoms with van der Waals surface area (Å²) in [5.74, 6) is -2.61. The molecule has 144 valence electrons. The standard InChI is InChI=1S/C19H21ClFN3O3/c1-9-14(17(26)23-11-6-7-13(21)12(20)8-11)10(2)22-15(9)16(25)18(27)24-19(3,4)5/h6-8,22H,1-5H3,(H,23,26)(H,24,27). The predicted molar refractivity (Wildman–Crippen MR) is 102 cm³/mol. The molecule has 2 aromatic rings. The quantitative estimate of drug-likeness (QED) is 0.545. The maximum absolute atomic E-state index is 13.2. The fraction of sp³-hybridized carbons (Fsp3) is 0.316. The number of rotatable bonds is 4. The highest BCUT2D eigenvalue weighted by molar-refractivity contribution is 6.43. The summed E-state index contributed by atoms with van der Waals surface area (Å²) < 4.78 is 13.2. The van der Waals surface area contributed by atoms with E-state index >= 15 is 0 Å². The van der Waals surface area contributed by atoms with E-state index in [4.69, 9.17) is 11.6 Å². The van der Waals surface area contributed by atoms with Crippen molar-refractivity contribution in [2.24, 2.45) is 0 Å². The molecule has 0 aliphatic rings. The first-order valence-electron chi connectivity index (χ1n) is 8.23. The van der Waals surface area contributed by atoms with Crippen LogP contribution >= 0.6 is 11.6 Å². The third-order valence-corrected chi connectivity index (χ3v) is 4.05. The van der Waals surface area contributed by atoms with Gasteiger partial charge >= 0.3 is 0 Å². The van der Waals surface area contributed by atoms with E-state index < -0.39 is 29.0 Å². The van der Waals surface area contributed by atoms with Gasteiger partial charge in [0, 0.05) is 16.9 Å². The van der Waals surface area contributed by atoms with Crippen LogP contribution < -0.4 is 10.6 Å². The lowest BCUT2D eigenvalue weighted by Crippen LogP contribution is -2.44. The zero-order chi connectivity index (χ0) is 20.5. The molecule has 0 radical (unpaired) electrons. The largest absolute Gasteiger partial charge is 0.355 e. The van der Waals surface area contributed by atoms with Crippen molar-refractivity contribution in [2.75, 3.05) is 5.32 Å². The van der Waals surface area contributed by atoms with Crippen LogP contribution in [-0.4, -0.2) is 28.1 Å². The number of aromatic amines is 1. The molecule has 1 aromatic heterocycles. The molecule has 0 aliphatic heterocycles. The van der Waals surface area contributed by atoms with Gasteiger partial charge in [-0.25, -0.2) is 4.39 Å². The van der Waals surface area contributed by atoms with Crippen molar-refractivity contribution in [3.8, 4) is 0 Å². The second-order valence-electron chi connectivity index (χ2n) is 7.24. The number of benzene rings is 1. The fourth-order valence-electron chi connectivity index (χ4n) is 2.60. The van der Waals surface area contributed by atoms with Gasteiger partial charge in [-0.15, -0.1) is 0 Å². The monoisotopic (exact) mass is 393 g/mol. The topological polar surface area (TPSA) is 91.1 Å². The van der Waals surface area contributed by atoms with Crippen molar-refractivity contribution in [2.45, 2.75) is 40.2 Å². The molecule has 0 aliphatic carbocycles. The van der Waals surface area contributed by atoms with E-state index in [2.05, 4.69) is 15.6 Å². The Balaban J connectivity index is 2.28. The molecule has 8 heteroatoms. The molecule has 27 heavy (non-hydrogen) atoms. The molecule has 0 saturated carbocycles. The van der Waals surface area contributed by atoms with Crippen molar-refractivity contribution in [3.05, 3.63) is 51.6 Å². The number of hydrogen-bond acceptors (Lipinski definition) is 3.